The highest BCUT2D eigenvalue weighted by Crippen LogP contribution is 2.07. The summed E-state index contributed by atoms with van der Waals surface area (Å²) in [6, 6.07) is 10.5. The number of aromatic nitrogens is 5. The maximum Gasteiger partial charge on any atom is 0.191 e. The Morgan fingerprint density at radius 2 is 2.00 bits per heavy atom. The smallest absolute Gasteiger partial charge is 0.191 e. The molecule has 0 amide bonds. The van der Waals surface area contributed by atoms with E-state index in [4.69, 9.17) is 0 Å². The summed E-state index contributed by atoms with van der Waals surface area (Å²) < 4.78 is 3.86. The van der Waals surface area contributed by atoms with Crippen LogP contribution in [0.15, 0.2) is 48.0 Å². The molecule has 2 N–H and O–H groups in total. The van der Waals surface area contributed by atoms with Gasteiger partial charge in [-0.05, 0) is 37.5 Å². The van der Waals surface area contributed by atoms with E-state index in [9.17, 15) is 0 Å². The van der Waals surface area contributed by atoms with Gasteiger partial charge in [0.1, 0.15) is 12.7 Å². The van der Waals surface area contributed by atoms with Crippen molar-refractivity contribution in [1.29, 1.82) is 0 Å². The van der Waals surface area contributed by atoms with Crippen LogP contribution in [0.4, 0.5) is 0 Å². The highest BCUT2D eigenvalue weighted by molar-refractivity contribution is 5.79. The molecule has 0 saturated heterocycles. The molecule has 3 aromatic rings. The molecule has 0 saturated carbocycles. The van der Waals surface area contributed by atoms with Crippen LogP contribution in [-0.2, 0) is 19.6 Å². The fraction of sp³-hybridized carbons (Fsp3) is 0.400. The zero-order chi connectivity index (χ0) is 19.8. The van der Waals surface area contributed by atoms with Crippen LogP contribution in [0.3, 0.4) is 0 Å². The Morgan fingerprint density at radius 1 is 1.14 bits per heavy atom. The lowest BCUT2D eigenvalue weighted by atomic mass is 10.1. The first kappa shape index (κ1) is 19.6. The molecular weight excluding hydrogens is 352 g/mol. The third kappa shape index (κ3) is 5.67. The van der Waals surface area contributed by atoms with Crippen molar-refractivity contribution in [3.05, 3.63) is 65.5 Å². The first-order valence-electron chi connectivity index (χ1n) is 9.50. The molecule has 3 rings (SSSR count). The molecule has 8 nitrogen and oxygen atoms in total. The highest BCUT2D eigenvalue weighted by Gasteiger charge is 2.03. The van der Waals surface area contributed by atoms with Crippen molar-refractivity contribution in [3.8, 4) is 0 Å². The molecule has 1 aromatic carbocycles. The van der Waals surface area contributed by atoms with Crippen molar-refractivity contribution < 1.29 is 0 Å². The van der Waals surface area contributed by atoms with Crippen molar-refractivity contribution in [2.45, 2.75) is 39.9 Å². The van der Waals surface area contributed by atoms with Crippen LogP contribution in [-0.4, -0.2) is 44.1 Å². The Kier molecular flexibility index (Phi) is 6.78. The second-order valence-electron chi connectivity index (χ2n) is 6.77. The van der Waals surface area contributed by atoms with E-state index >= 15 is 0 Å². The van der Waals surface area contributed by atoms with Crippen LogP contribution < -0.4 is 10.6 Å². The number of hydrogen-bond acceptors (Lipinski definition) is 4. The predicted molar refractivity (Wildman–Crippen MR) is 110 cm³/mol. The Bertz CT molecular complexity index is 895. The highest BCUT2D eigenvalue weighted by atomic mass is 15.3. The molecule has 148 valence electrons. The number of benzene rings is 1. The number of guanidine groups is 1. The second kappa shape index (κ2) is 9.68. The molecule has 0 atom stereocenters. The van der Waals surface area contributed by atoms with Gasteiger partial charge in [0.2, 0.25) is 0 Å². The molecule has 0 aliphatic rings. The topological polar surface area (TPSA) is 85.0 Å². The van der Waals surface area contributed by atoms with Gasteiger partial charge in [-0.2, -0.15) is 10.2 Å². The van der Waals surface area contributed by atoms with E-state index in [0.717, 1.165) is 31.2 Å². The van der Waals surface area contributed by atoms with Crippen LogP contribution in [0.1, 0.15) is 28.9 Å². The van der Waals surface area contributed by atoms with Crippen LogP contribution in [0.5, 0.6) is 0 Å². The normalized spacial score (nSPS) is 11.6. The lowest BCUT2D eigenvalue weighted by Gasteiger charge is -2.13. The first-order valence-corrected chi connectivity index (χ1v) is 9.50. The van der Waals surface area contributed by atoms with Gasteiger partial charge in [0.05, 0.1) is 12.2 Å². The molecule has 0 aliphatic carbocycles. The molecule has 28 heavy (non-hydrogen) atoms. The monoisotopic (exact) mass is 380 g/mol. The van der Waals surface area contributed by atoms with Gasteiger partial charge < -0.3 is 10.6 Å². The lowest BCUT2D eigenvalue weighted by Crippen LogP contribution is -2.37. The summed E-state index contributed by atoms with van der Waals surface area (Å²) in [5.74, 6) is 0.801. The van der Waals surface area contributed by atoms with E-state index in [1.807, 2.05) is 16.3 Å². The van der Waals surface area contributed by atoms with E-state index in [1.165, 1.54) is 16.8 Å². The van der Waals surface area contributed by atoms with Crippen molar-refractivity contribution in [2.24, 2.45) is 4.99 Å². The molecule has 2 heterocycles. The average molecular weight is 381 g/mol. The maximum atomic E-state index is 4.49. The van der Waals surface area contributed by atoms with E-state index < -0.39 is 0 Å². The Balaban J connectivity index is 1.43. The van der Waals surface area contributed by atoms with E-state index in [-0.39, 0.29) is 0 Å². The lowest BCUT2D eigenvalue weighted by molar-refractivity contribution is 0.555. The molecule has 2 aromatic heterocycles. The first-order chi connectivity index (χ1) is 13.6. The summed E-state index contributed by atoms with van der Waals surface area (Å²) in [6.07, 6.45) is 4.26. The molecule has 0 fully saturated rings. The average Bonchev–Trinajstić information content (AvgIpc) is 3.30. The standard InChI is InChI=1S/C20H28N8/c1-16-10-17(2)28(26-16)9-5-8-23-20(21-3)24-12-18-6-4-7-19(11-18)13-27-15-22-14-25-27/h4,6-7,10-11,14-15H,5,8-9,12-13H2,1-3H3,(H2,21,23,24). The molecule has 0 bridgehead atoms. The largest absolute Gasteiger partial charge is 0.356 e. The minimum absolute atomic E-state index is 0.711. The quantitative estimate of drug-likeness (QED) is 0.354. The summed E-state index contributed by atoms with van der Waals surface area (Å²) in [6.45, 7) is 7.27. The van der Waals surface area contributed by atoms with E-state index in [1.54, 1.807) is 19.7 Å². The van der Waals surface area contributed by atoms with Crippen LogP contribution in [0.25, 0.3) is 0 Å². The summed E-state index contributed by atoms with van der Waals surface area (Å²) in [5, 5.41) is 15.4. The Labute approximate surface area is 165 Å². The number of rotatable bonds is 8. The van der Waals surface area contributed by atoms with Gasteiger partial charge in [-0.15, -0.1) is 0 Å². The van der Waals surface area contributed by atoms with Crippen molar-refractivity contribution in [1.82, 2.24) is 35.2 Å². The van der Waals surface area contributed by atoms with Crippen molar-refractivity contribution in [3.63, 3.8) is 0 Å². The number of nitrogens with zero attached hydrogens (tertiary/aromatic N) is 6. The molecule has 0 unspecified atom stereocenters. The number of nitrogens with one attached hydrogen (secondary N) is 2. The summed E-state index contributed by atoms with van der Waals surface area (Å²) in [7, 11) is 1.79. The molecular formula is C20H28N8. The minimum Gasteiger partial charge on any atom is -0.356 e. The fourth-order valence-corrected chi connectivity index (χ4v) is 3.08. The summed E-state index contributed by atoms with van der Waals surface area (Å²) >= 11 is 0. The van der Waals surface area contributed by atoms with Gasteiger partial charge in [-0.1, -0.05) is 24.3 Å². The van der Waals surface area contributed by atoms with Crippen molar-refractivity contribution >= 4 is 5.96 Å². The van der Waals surface area contributed by atoms with E-state index in [0.29, 0.717) is 13.1 Å². The summed E-state index contributed by atoms with van der Waals surface area (Å²) in [4.78, 5) is 8.28. The molecule has 0 aliphatic heterocycles. The maximum absolute atomic E-state index is 4.49. The van der Waals surface area contributed by atoms with Gasteiger partial charge in [0.25, 0.3) is 0 Å². The van der Waals surface area contributed by atoms with Gasteiger partial charge in [0.15, 0.2) is 5.96 Å². The van der Waals surface area contributed by atoms with Gasteiger partial charge in [-0.25, -0.2) is 9.67 Å². The number of hydrogen-bond donors (Lipinski definition) is 2. The second-order valence-corrected chi connectivity index (χ2v) is 6.77. The minimum atomic E-state index is 0.711. The Hall–Kier alpha value is -3.16. The molecule has 0 radical (unpaired) electrons. The molecule has 8 heteroatoms. The number of aliphatic imine (C=N–C) groups is 1. The summed E-state index contributed by atoms with van der Waals surface area (Å²) in [5.41, 5.74) is 4.65. The van der Waals surface area contributed by atoms with Crippen molar-refractivity contribution in [2.75, 3.05) is 13.6 Å². The third-order valence-corrected chi connectivity index (χ3v) is 4.43. The number of aryl methyl sites for hydroxylation is 3. The van der Waals surface area contributed by atoms with Crippen LogP contribution in [0, 0.1) is 13.8 Å². The third-order valence-electron chi connectivity index (χ3n) is 4.43. The zero-order valence-corrected chi connectivity index (χ0v) is 16.8. The van der Waals surface area contributed by atoms with Gasteiger partial charge in [-0.3, -0.25) is 9.67 Å². The van der Waals surface area contributed by atoms with Gasteiger partial charge >= 0.3 is 0 Å². The Morgan fingerprint density at radius 3 is 2.71 bits per heavy atom. The van der Waals surface area contributed by atoms with Gasteiger partial charge in [0, 0.05) is 32.4 Å². The van der Waals surface area contributed by atoms with Crippen LogP contribution >= 0.6 is 0 Å². The van der Waals surface area contributed by atoms with Crippen LogP contribution in [0.2, 0.25) is 0 Å². The molecule has 0 spiro atoms. The van der Waals surface area contributed by atoms with E-state index in [2.05, 4.69) is 68.1 Å². The zero-order valence-electron chi connectivity index (χ0n) is 16.8. The predicted octanol–water partition coefficient (Wildman–Crippen LogP) is 1.90. The fourth-order valence-electron chi connectivity index (χ4n) is 3.08. The SMILES string of the molecule is CN=C(NCCCn1nc(C)cc1C)NCc1cccc(Cn2cncn2)c1.